The van der Waals surface area contributed by atoms with Crippen LogP contribution in [0.2, 0.25) is 5.02 Å². The highest BCUT2D eigenvalue weighted by atomic mass is 35.5. The Labute approximate surface area is 143 Å². The lowest BCUT2D eigenvalue weighted by atomic mass is 9.94. The van der Waals surface area contributed by atoms with Gasteiger partial charge in [-0.15, -0.1) is 0 Å². The molecule has 1 aromatic rings. The molecule has 1 fully saturated rings. The lowest BCUT2D eigenvalue weighted by molar-refractivity contribution is 0.278. The van der Waals surface area contributed by atoms with Gasteiger partial charge in [-0.25, -0.2) is 4.39 Å². The van der Waals surface area contributed by atoms with Gasteiger partial charge < -0.3 is 9.80 Å². The van der Waals surface area contributed by atoms with Crippen molar-refractivity contribution in [3.63, 3.8) is 0 Å². The Kier molecular flexibility index (Phi) is 5.87. The third-order valence-electron chi connectivity index (χ3n) is 4.33. The lowest BCUT2D eigenvalue weighted by Gasteiger charge is -2.27. The first-order valence-electron chi connectivity index (χ1n) is 7.85. The first-order chi connectivity index (χ1) is 10.8. The van der Waals surface area contributed by atoms with E-state index >= 15 is 0 Å². The standard InChI is InChI=1S/C17H26ClFN4/c1-21(2)17(22(3)4)20-11-13-8-9-23(5)16(13)12-6-7-14(18)15(19)10-12/h6-7,10,13,16H,8-9,11H2,1-5H3. The Balaban J connectivity index is 2.21. The van der Waals surface area contributed by atoms with E-state index in [1.807, 2.05) is 44.1 Å². The molecule has 1 aromatic carbocycles. The molecule has 23 heavy (non-hydrogen) atoms. The Bertz CT molecular complexity index is 564. The molecular weight excluding hydrogens is 315 g/mol. The van der Waals surface area contributed by atoms with E-state index in [0.29, 0.717) is 5.92 Å². The number of rotatable bonds is 3. The smallest absolute Gasteiger partial charge is 0.195 e. The van der Waals surface area contributed by atoms with E-state index in [9.17, 15) is 4.39 Å². The number of guanidine groups is 1. The molecule has 0 radical (unpaired) electrons. The highest BCUT2D eigenvalue weighted by molar-refractivity contribution is 6.30. The van der Waals surface area contributed by atoms with Gasteiger partial charge in [0.25, 0.3) is 0 Å². The van der Waals surface area contributed by atoms with Gasteiger partial charge in [0.1, 0.15) is 5.82 Å². The molecule has 0 bridgehead atoms. The van der Waals surface area contributed by atoms with Gasteiger partial charge in [0.2, 0.25) is 0 Å². The molecule has 1 saturated heterocycles. The fourth-order valence-electron chi connectivity index (χ4n) is 3.32. The van der Waals surface area contributed by atoms with Crippen molar-refractivity contribution in [3.8, 4) is 0 Å². The summed E-state index contributed by atoms with van der Waals surface area (Å²) in [6.45, 7) is 1.72. The van der Waals surface area contributed by atoms with Crippen molar-refractivity contribution in [2.75, 3.05) is 48.3 Å². The first-order valence-corrected chi connectivity index (χ1v) is 8.23. The Morgan fingerprint density at radius 3 is 2.52 bits per heavy atom. The molecule has 6 heteroatoms. The number of hydrogen-bond donors (Lipinski definition) is 0. The second kappa shape index (κ2) is 7.49. The average molecular weight is 341 g/mol. The SMILES string of the molecule is CN(C)C(=NCC1CCN(C)C1c1ccc(Cl)c(F)c1)N(C)C. The van der Waals surface area contributed by atoms with Crippen molar-refractivity contribution >= 4 is 17.6 Å². The van der Waals surface area contributed by atoms with Crippen LogP contribution >= 0.6 is 11.6 Å². The molecular formula is C17H26ClFN4. The third kappa shape index (κ3) is 4.15. The van der Waals surface area contributed by atoms with E-state index in [0.717, 1.165) is 31.0 Å². The minimum atomic E-state index is -0.353. The maximum absolute atomic E-state index is 13.8. The quantitative estimate of drug-likeness (QED) is 0.624. The summed E-state index contributed by atoms with van der Waals surface area (Å²) in [7, 11) is 10.0. The summed E-state index contributed by atoms with van der Waals surface area (Å²) in [6.07, 6.45) is 1.06. The summed E-state index contributed by atoms with van der Waals surface area (Å²) in [5.74, 6) is 0.963. The van der Waals surface area contributed by atoms with Crippen LogP contribution in [0.1, 0.15) is 18.0 Å². The van der Waals surface area contributed by atoms with Crippen LogP contribution in [0.15, 0.2) is 23.2 Å². The summed E-state index contributed by atoms with van der Waals surface area (Å²) in [4.78, 5) is 11.1. The number of hydrogen-bond acceptors (Lipinski definition) is 2. The first kappa shape index (κ1) is 18.0. The molecule has 1 heterocycles. The normalized spacial score (nSPS) is 21.3. The third-order valence-corrected chi connectivity index (χ3v) is 4.63. The van der Waals surface area contributed by atoms with Gasteiger partial charge in [0, 0.05) is 40.8 Å². The summed E-state index contributed by atoms with van der Waals surface area (Å²) in [5, 5.41) is 0.173. The van der Waals surface area contributed by atoms with Crippen LogP contribution in [-0.4, -0.2) is 69.0 Å². The van der Waals surface area contributed by atoms with Crippen molar-refractivity contribution in [2.24, 2.45) is 10.9 Å². The lowest BCUT2D eigenvalue weighted by Crippen LogP contribution is -2.36. The van der Waals surface area contributed by atoms with Gasteiger partial charge >= 0.3 is 0 Å². The zero-order chi connectivity index (χ0) is 17.1. The van der Waals surface area contributed by atoms with E-state index in [4.69, 9.17) is 16.6 Å². The minimum absolute atomic E-state index is 0.173. The van der Waals surface area contributed by atoms with Crippen LogP contribution in [0, 0.1) is 11.7 Å². The van der Waals surface area contributed by atoms with Crippen LogP contribution in [0.5, 0.6) is 0 Å². The number of likely N-dealkylation sites (tertiary alicyclic amines) is 1. The molecule has 0 N–H and O–H groups in total. The molecule has 0 aliphatic carbocycles. The molecule has 0 spiro atoms. The molecule has 2 rings (SSSR count). The van der Waals surface area contributed by atoms with Crippen molar-refractivity contribution < 1.29 is 4.39 Å². The number of halogens is 2. The monoisotopic (exact) mass is 340 g/mol. The fraction of sp³-hybridized carbons (Fsp3) is 0.588. The van der Waals surface area contributed by atoms with Crippen LogP contribution in [0.3, 0.4) is 0 Å². The van der Waals surface area contributed by atoms with Crippen LogP contribution in [0.25, 0.3) is 0 Å². The molecule has 1 aliphatic heterocycles. The van der Waals surface area contributed by atoms with Crippen LogP contribution in [0.4, 0.5) is 4.39 Å². The van der Waals surface area contributed by atoms with E-state index in [1.165, 1.54) is 0 Å². The highest BCUT2D eigenvalue weighted by Crippen LogP contribution is 2.37. The van der Waals surface area contributed by atoms with Crippen molar-refractivity contribution in [1.29, 1.82) is 0 Å². The van der Waals surface area contributed by atoms with Crippen LogP contribution < -0.4 is 0 Å². The van der Waals surface area contributed by atoms with E-state index < -0.39 is 0 Å². The Morgan fingerprint density at radius 1 is 1.30 bits per heavy atom. The van der Waals surface area contributed by atoms with Crippen LogP contribution in [-0.2, 0) is 0 Å². The molecule has 0 amide bonds. The second-order valence-electron chi connectivity index (χ2n) is 6.58. The van der Waals surface area contributed by atoms with Gasteiger partial charge in [-0.2, -0.15) is 0 Å². The molecule has 0 saturated carbocycles. The molecule has 1 aliphatic rings. The highest BCUT2D eigenvalue weighted by Gasteiger charge is 2.33. The fourth-order valence-corrected chi connectivity index (χ4v) is 3.44. The summed E-state index contributed by atoms with van der Waals surface area (Å²) in [5.41, 5.74) is 0.975. The predicted molar refractivity (Wildman–Crippen MR) is 94.6 cm³/mol. The Hall–Kier alpha value is -1.33. The van der Waals surface area contributed by atoms with Gasteiger partial charge in [0.05, 0.1) is 5.02 Å². The molecule has 4 nitrogen and oxygen atoms in total. The van der Waals surface area contributed by atoms with Crippen molar-refractivity contribution in [1.82, 2.24) is 14.7 Å². The summed E-state index contributed by atoms with van der Waals surface area (Å²) in [6, 6.07) is 5.30. The van der Waals surface area contributed by atoms with Gasteiger partial charge in [-0.05, 0) is 43.6 Å². The average Bonchev–Trinajstić information content (AvgIpc) is 2.82. The zero-order valence-corrected chi connectivity index (χ0v) is 15.3. The molecule has 2 unspecified atom stereocenters. The van der Waals surface area contributed by atoms with E-state index in [-0.39, 0.29) is 16.9 Å². The Morgan fingerprint density at radius 2 is 1.96 bits per heavy atom. The van der Waals surface area contributed by atoms with E-state index in [2.05, 4.69) is 11.9 Å². The maximum atomic E-state index is 13.8. The maximum Gasteiger partial charge on any atom is 0.195 e. The van der Waals surface area contributed by atoms with Crippen molar-refractivity contribution in [2.45, 2.75) is 12.5 Å². The molecule has 2 atom stereocenters. The van der Waals surface area contributed by atoms with Crippen molar-refractivity contribution in [3.05, 3.63) is 34.6 Å². The summed E-state index contributed by atoms with van der Waals surface area (Å²) < 4.78 is 13.8. The molecule has 0 aromatic heterocycles. The number of nitrogens with zero attached hydrogens (tertiary/aromatic N) is 4. The largest absolute Gasteiger partial charge is 0.349 e. The topological polar surface area (TPSA) is 22.1 Å². The minimum Gasteiger partial charge on any atom is -0.349 e. The predicted octanol–water partition coefficient (Wildman–Crippen LogP) is 2.95. The zero-order valence-electron chi connectivity index (χ0n) is 14.6. The molecule has 128 valence electrons. The number of benzene rings is 1. The van der Waals surface area contributed by atoms with Gasteiger partial charge in [0.15, 0.2) is 5.96 Å². The summed E-state index contributed by atoms with van der Waals surface area (Å²) >= 11 is 5.81. The number of aliphatic imine (C=N–C) groups is 1. The van der Waals surface area contributed by atoms with E-state index in [1.54, 1.807) is 12.1 Å². The second-order valence-corrected chi connectivity index (χ2v) is 6.98. The van der Waals surface area contributed by atoms with Gasteiger partial charge in [-0.3, -0.25) is 9.89 Å². The van der Waals surface area contributed by atoms with Gasteiger partial charge in [-0.1, -0.05) is 17.7 Å².